The van der Waals surface area contributed by atoms with Crippen LogP contribution in [0.1, 0.15) is 17.3 Å². The zero-order valence-corrected chi connectivity index (χ0v) is 13.8. The molecule has 0 fully saturated rings. The highest BCUT2D eigenvalue weighted by molar-refractivity contribution is 5.89. The van der Waals surface area contributed by atoms with Gasteiger partial charge in [-0.25, -0.2) is 9.18 Å². The first-order valence-corrected chi connectivity index (χ1v) is 7.90. The lowest BCUT2D eigenvalue weighted by Gasteiger charge is -2.28. The lowest BCUT2D eigenvalue weighted by Crippen LogP contribution is -2.35. The van der Waals surface area contributed by atoms with E-state index in [1.807, 2.05) is 42.5 Å². The first-order valence-electron chi connectivity index (χ1n) is 7.90. The summed E-state index contributed by atoms with van der Waals surface area (Å²) in [6, 6.07) is 20.1. The van der Waals surface area contributed by atoms with Crippen molar-refractivity contribution in [2.75, 3.05) is 12.4 Å². The molecule has 1 aromatic heterocycles. The summed E-state index contributed by atoms with van der Waals surface area (Å²) in [5.41, 5.74) is 2.02. The van der Waals surface area contributed by atoms with Crippen LogP contribution < -0.4 is 5.32 Å². The average Bonchev–Trinajstić information content (AvgIpc) is 2.64. The number of nitrogens with zero attached hydrogens (tertiary/aromatic N) is 2. The fraction of sp³-hybridized carbons (Fsp3) is 0.100. The highest BCUT2D eigenvalue weighted by Crippen LogP contribution is 2.27. The fourth-order valence-corrected chi connectivity index (χ4v) is 2.66. The van der Waals surface area contributed by atoms with Crippen molar-refractivity contribution in [1.82, 2.24) is 9.88 Å². The maximum atomic E-state index is 13.7. The summed E-state index contributed by atoms with van der Waals surface area (Å²) in [5, 5.41) is 2.84. The van der Waals surface area contributed by atoms with Gasteiger partial charge in [-0.3, -0.25) is 4.98 Å². The number of nitrogens with one attached hydrogen (secondary N) is 1. The van der Waals surface area contributed by atoms with Crippen molar-refractivity contribution in [3.05, 3.63) is 96.1 Å². The smallest absolute Gasteiger partial charge is 0.315 e. The van der Waals surface area contributed by atoms with E-state index >= 15 is 0 Å². The van der Waals surface area contributed by atoms with Gasteiger partial charge >= 0.3 is 6.03 Å². The highest BCUT2D eigenvalue weighted by atomic mass is 19.1. The van der Waals surface area contributed by atoms with E-state index < -0.39 is 6.04 Å². The first-order chi connectivity index (χ1) is 12.1. The molecule has 126 valence electrons. The lowest BCUT2D eigenvalue weighted by atomic mass is 10.0. The van der Waals surface area contributed by atoms with Gasteiger partial charge in [-0.15, -0.1) is 0 Å². The fourth-order valence-electron chi connectivity index (χ4n) is 2.66. The van der Waals surface area contributed by atoms with E-state index in [9.17, 15) is 9.18 Å². The Hall–Kier alpha value is -3.21. The molecule has 0 aliphatic rings. The van der Waals surface area contributed by atoms with Gasteiger partial charge in [-0.1, -0.05) is 36.4 Å². The van der Waals surface area contributed by atoms with Crippen molar-refractivity contribution in [3.63, 3.8) is 0 Å². The predicted molar refractivity (Wildman–Crippen MR) is 95.7 cm³/mol. The topological polar surface area (TPSA) is 45.2 Å². The molecule has 5 heteroatoms. The molecule has 2 amide bonds. The predicted octanol–water partition coefficient (Wildman–Crippen LogP) is 4.47. The molecule has 0 radical (unpaired) electrons. The number of pyridine rings is 1. The Morgan fingerprint density at radius 3 is 2.48 bits per heavy atom. The number of carbonyl (C=O) groups is 1. The van der Waals surface area contributed by atoms with Crippen LogP contribution in [0.5, 0.6) is 0 Å². The van der Waals surface area contributed by atoms with Crippen LogP contribution in [0, 0.1) is 5.82 Å². The maximum Gasteiger partial charge on any atom is 0.322 e. The van der Waals surface area contributed by atoms with Crippen LogP contribution in [0.2, 0.25) is 0 Å². The number of hydrogen-bond acceptors (Lipinski definition) is 2. The van der Waals surface area contributed by atoms with Crippen LogP contribution >= 0.6 is 0 Å². The Bertz CT molecular complexity index is 840. The molecular formula is C20H18FN3O. The Kier molecular flexibility index (Phi) is 5.04. The number of amides is 2. The quantitative estimate of drug-likeness (QED) is 0.764. The monoisotopic (exact) mass is 335 g/mol. The van der Waals surface area contributed by atoms with E-state index in [1.165, 1.54) is 17.0 Å². The normalized spacial score (nSPS) is 11.6. The summed E-state index contributed by atoms with van der Waals surface area (Å²) in [6.45, 7) is 0. The molecule has 0 unspecified atom stereocenters. The number of urea groups is 1. The minimum Gasteiger partial charge on any atom is -0.315 e. The molecule has 25 heavy (non-hydrogen) atoms. The summed E-state index contributed by atoms with van der Waals surface area (Å²) in [7, 11) is 1.67. The number of rotatable bonds is 4. The molecule has 4 nitrogen and oxygen atoms in total. The summed E-state index contributed by atoms with van der Waals surface area (Å²) in [4.78, 5) is 18.5. The zero-order chi connectivity index (χ0) is 17.6. The molecule has 1 N–H and O–H groups in total. The molecule has 3 aromatic rings. The van der Waals surface area contributed by atoms with Crippen molar-refractivity contribution in [2.45, 2.75) is 6.04 Å². The molecule has 3 rings (SSSR count). The molecule has 0 saturated heterocycles. The van der Waals surface area contributed by atoms with Gasteiger partial charge in [-0.05, 0) is 42.0 Å². The number of aromatic nitrogens is 1. The average molecular weight is 335 g/mol. The van der Waals surface area contributed by atoms with Gasteiger partial charge in [0.05, 0.1) is 5.69 Å². The maximum absolute atomic E-state index is 13.7. The minimum absolute atomic E-state index is 0.300. The first kappa shape index (κ1) is 16.6. The standard InChI is InChI=1S/C20H18FN3O/c1-24(20(25)23-17-10-3-2-4-11-17)19(18-12-5-6-13-22-18)15-8-7-9-16(21)14-15/h2-14,19H,1H3,(H,23,25)/t19-/m1/s1. The summed E-state index contributed by atoms with van der Waals surface area (Å²) in [5.74, 6) is -0.352. The van der Waals surface area contributed by atoms with E-state index in [2.05, 4.69) is 10.3 Å². The number of carbonyl (C=O) groups excluding carboxylic acids is 1. The van der Waals surface area contributed by atoms with Crippen molar-refractivity contribution >= 4 is 11.7 Å². The molecule has 0 aliphatic carbocycles. The second kappa shape index (κ2) is 7.57. The Labute approximate surface area is 145 Å². The molecule has 0 saturated carbocycles. The highest BCUT2D eigenvalue weighted by Gasteiger charge is 2.25. The number of benzene rings is 2. The molecular weight excluding hydrogens is 317 g/mol. The number of para-hydroxylation sites is 1. The largest absolute Gasteiger partial charge is 0.322 e. The summed E-state index contributed by atoms with van der Waals surface area (Å²) >= 11 is 0. The number of hydrogen-bond donors (Lipinski definition) is 1. The molecule has 0 aliphatic heterocycles. The third kappa shape index (κ3) is 4.01. The van der Waals surface area contributed by atoms with Gasteiger partial charge in [0, 0.05) is 18.9 Å². The van der Waals surface area contributed by atoms with Crippen LogP contribution in [-0.4, -0.2) is 23.0 Å². The second-order valence-electron chi connectivity index (χ2n) is 5.62. The van der Waals surface area contributed by atoms with E-state index in [-0.39, 0.29) is 11.8 Å². The van der Waals surface area contributed by atoms with Crippen molar-refractivity contribution in [1.29, 1.82) is 0 Å². The minimum atomic E-state index is -0.499. The second-order valence-corrected chi connectivity index (χ2v) is 5.62. The van der Waals surface area contributed by atoms with Crippen molar-refractivity contribution < 1.29 is 9.18 Å². The molecule has 1 heterocycles. The van der Waals surface area contributed by atoms with Crippen molar-refractivity contribution in [3.8, 4) is 0 Å². The summed E-state index contributed by atoms with van der Waals surface area (Å²) in [6.07, 6.45) is 1.66. The molecule has 2 aromatic carbocycles. The lowest BCUT2D eigenvalue weighted by molar-refractivity contribution is 0.211. The molecule has 1 atom stereocenters. The number of anilines is 1. The van der Waals surface area contributed by atoms with E-state index in [0.29, 0.717) is 16.9 Å². The van der Waals surface area contributed by atoms with Crippen molar-refractivity contribution in [2.24, 2.45) is 0 Å². The van der Waals surface area contributed by atoms with E-state index in [1.54, 1.807) is 31.4 Å². The Morgan fingerprint density at radius 1 is 1.04 bits per heavy atom. The van der Waals surface area contributed by atoms with Crippen LogP contribution in [0.25, 0.3) is 0 Å². The van der Waals surface area contributed by atoms with Gasteiger partial charge in [-0.2, -0.15) is 0 Å². The van der Waals surface area contributed by atoms with Gasteiger partial charge in [0.2, 0.25) is 0 Å². The van der Waals surface area contributed by atoms with Crippen LogP contribution in [-0.2, 0) is 0 Å². The Balaban J connectivity index is 1.92. The number of halogens is 1. The Morgan fingerprint density at radius 2 is 1.80 bits per heavy atom. The van der Waals surface area contributed by atoms with E-state index in [4.69, 9.17) is 0 Å². The van der Waals surface area contributed by atoms with Gasteiger partial charge in [0.1, 0.15) is 11.9 Å². The molecule has 0 spiro atoms. The summed E-state index contributed by atoms with van der Waals surface area (Å²) < 4.78 is 13.7. The van der Waals surface area contributed by atoms with Crippen LogP contribution in [0.15, 0.2) is 79.0 Å². The van der Waals surface area contributed by atoms with Gasteiger partial charge in [0.15, 0.2) is 0 Å². The van der Waals surface area contributed by atoms with Gasteiger partial charge in [0.25, 0.3) is 0 Å². The zero-order valence-electron chi connectivity index (χ0n) is 13.8. The van der Waals surface area contributed by atoms with Crippen LogP contribution in [0.3, 0.4) is 0 Å². The third-order valence-electron chi connectivity index (χ3n) is 3.87. The third-order valence-corrected chi connectivity index (χ3v) is 3.87. The SMILES string of the molecule is CN(C(=O)Nc1ccccc1)[C@H](c1cccc(F)c1)c1ccccn1. The van der Waals surface area contributed by atoms with E-state index in [0.717, 1.165) is 0 Å². The van der Waals surface area contributed by atoms with Gasteiger partial charge < -0.3 is 10.2 Å². The van der Waals surface area contributed by atoms with Crippen LogP contribution in [0.4, 0.5) is 14.9 Å². The molecule has 0 bridgehead atoms.